The van der Waals surface area contributed by atoms with Crippen molar-refractivity contribution in [1.29, 1.82) is 0 Å². The van der Waals surface area contributed by atoms with Gasteiger partial charge >= 0.3 is 6.36 Å². The Morgan fingerprint density at radius 2 is 1.73 bits per heavy atom. The fraction of sp³-hybridized carbons (Fsp3) is 0.250. The molecule has 0 radical (unpaired) electrons. The summed E-state index contributed by atoms with van der Waals surface area (Å²) in [5.41, 5.74) is 1.90. The van der Waals surface area contributed by atoms with Gasteiger partial charge in [0.05, 0.1) is 7.11 Å². The molecular weight excluding hydrogens is 313 g/mol. The predicted molar refractivity (Wildman–Crippen MR) is 81.6 cm³/mol. The van der Waals surface area contributed by atoms with Crippen molar-refractivity contribution in [1.82, 2.24) is 0 Å². The highest BCUT2D eigenvalue weighted by atomic mass is 32.2. The molecule has 2 aromatic carbocycles. The molecule has 0 unspecified atom stereocenters. The van der Waals surface area contributed by atoms with Crippen LogP contribution in [0.2, 0.25) is 0 Å². The molecule has 6 heteroatoms. The van der Waals surface area contributed by atoms with E-state index in [4.69, 9.17) is 4.74 Å². The first-order valence-corrected chi connectivity index (χ1v) is 7.65. The van der Waals surface area contributed by atoms with Crippen LogP contribution in [-0.2, 0) is 0 Å². The number of methoxy groups -OCH3 is 1. The summed E-state index contributed by atoms with van der Waals surface area (Å²) in [5.74, 6) is 0.230. The lowest BCUT2D eigenvalue weighted by molar-refractivity contribution is -0.274. The maximum atomic E-state index is 12.6. The van der Waals surface area contributed by atoms with E-state index in [-0.39, 0.29) is 5.75 Å². The molecule has 0 aromatic heterocycles. The van der Waals surface area contributed by atoms with Crippen molar-refractivity contribution in [3.8, 4) is 22.6 Å². The van der Waals surface area contributed by atoms with Crippen molar-refractivity contribution in [2.45, 2.75) is 18.2 Å². The zero-order valence-electron chi connectivity index (χ0n) is 12.3. The van der Waals surface area contributed by atoms with E-state index in [1.807, 2.05) is 31.4 Å². The summed E-state index contributed by atoms with van der Waals surface area (Å²) >= 11 is 1.52. The van der Waals surface area contributed by atoms with Crippen LogP contribution in [0.25, 0.3) is 11.1 Å². The van der Waals surface area contributed by atoms with Gasteiger partial charge in [0.25, 0.3) is 0 Å². The first-order valence-electron chi connectivity index (χ1n) is 6.43. The smallest absolute Gasteiger partial charge is 0.497 e. The summed E-state index contributed by atoms with van der Waals surface area (Å²) in [6.45, 7) is 1.84. The molecule has 0 amide bonds. The number of alkyl halides is 3. The van der Waals surface area contributed by atoms with E-state index in [1.54, 1.807) is 6.07 Å². The molecule has 0 saturated carbocycles. The standard InChI is InChI=1S/C16H15F3O2S/c1-10-4-6-12(22-3)9-13(10)14-8-11(20-2)5-7-15(14)21-16(17,18)19/h4-9H,1-3H3. The number of aryl methyl sites for hydroxylation is 1. The summed E-state index contributed by atoms with van der Waals surface area (Å²) in [5, 5.41) is 0. The average molecular weight is 328 g/mol. The van der Waals surface area contributed by atoms with E-state index < -0.39 is 6.36 Å². The van der Waals surface area contributed by atoms with E-state index in [0.717, 1.165) is 10.5 Å². The van der Waals surface area contributed by atoms with Crippen LogP contribution in [0, 0.1) is 6.92 Å². The van der Waals surface area contributed by atoms with Gasteiger partial charge in [-0.3, -0.25) is 0 Å². The Balaban J connectivity index is 2.61. The van der Waals surface area contributed by atoms with Gasteiger partial charge in [0.1, 0.15) is 11.5 Å². The van der Waals surface area contributed by atoms with Crippen LogP contribution in [0.15, 0.2) is 41.3 Å². The molecular formula is C16H15F3O2S. The van der Waals surface area contributed by atoms with Crippen LogP contribution in [0.3, 0.4) is 0 Å². The van der Waals surface area contributed by atoms with Gasteiger partial charge in [-0.15, -0.1) is 24.9 Å². The van der Waals surface area contributed by atoms with E-state index in [9.17, 15) is 13.2 Å². The van der Waals surface area contributed by atoms with Crippen molar-refractivity contribution >= 4 is 11.8 Å². The molecule has 2 aromatic rings. The lowest BCUT2D eigenvalue weighted by atomic mass is 9.99. The van der Waals surface area contributed by atoms with Gasteiger partial charge < -0.3 is 9.47 Å². The second kappa shape index (κ2) is 6.52. The Hall–Kier alpha value is -1.82. The largest absolute Gasteiger partial charge is 0.573 e. The molecule has 22 heavy (non-hydrogen) atoms. The Morgan fingerprint density at radius 3 is 2.32 bits per heavy atom. The van der Waals surface area contributed by atoms with Crippen LogP contribution in [0.4, 0.5) is 13.2 Å². The van der Waals surface area contributed by atoms with E-state index in [0.29, 0.717) is 16.9 Å². The molecule has 0 aliphatic heterocycles. The molecule has 0 bridgehead atoms. The zero-order valence-corrected chi connectivity index (χ0v) is 13.1. The summed E-state index contributed by atoms with van der Waals surface area (Å²) in [6.07, 6.45) is -2.83. The van der Waals surface area contributed by atoms with Gasteiger partial charge in [0.15, 0.2) is 0 Å². The van der Waals surface area contributed by atoms with Crippen molar-refractivity contribution < 1.29 is 22.6 Å². The minimum atomic E-state index is -4.74. The SMILES string of the molecule is COc1ccc(OC(F)(F)F)c(-c2cc(SC)ccc2C)c1. The number of hydrogen-bond acceptors (Lipinski definition) is 3. The molecule has 0 aliphatic carbocycles. The fourth-order valence-corrected chi connectivity index (χ4v) is 2.52. The first-order chi connectivity index (χ1) is 10.3. The molecule has 2 nitrogen and oxygen atoms in total. The lowest BCUT2D eigenvalue weighted by Crippen LogP contribution is -2.17. The highest BCUT2D eigenvalue weighted by Gasteiger charge is 2.32. The third kappa shape index (κ3) is 3.88. The molecule has 2 rings (SSSR count). The average Bonchev–Trinajstić information content (AvgIpc) is 2.47. The maximum Gasteiger partial charge on any atom is 0.573 e. The second-order valence-electron chi connectivity index (χ2n) is 4.59. The number of hydrogen-bond donors (Lipinski definition) is 0. The van der Waals surface area contributed by atoms with Gasteiger partial charge in [-0.2, -0.15) is 0 Å². The molecule has 118 valence electrons. The fourth-order valence-electron chi connectivity index (χ4n) is 2.08. The number of benzene rings is 2. The van der Waals surface area contributed by atoms with Gasteiger partial charge in [-0.05, 0) is 54.6 Å². The summed E-state index contributed by atoms with van der Waals surface area (Å²) in [6, 6.07) is 9.91. The van der Waals surface area contributed by atoms with Gasteiger partial charge in [0, 0.05) is 10.5 Å². The molecule has 0 heterocycles. The number of thioether (sulfide) groups is 1. The predicted octanol–water partition coefficient (Wildman–Crippen LogP) is 5.29. The Morgan fingerprint density at radius 1 is 1.00 bits per heavy atom. The van der Waals surface area contributed by atoms with Gasteiger partial charge in [-0.25, -0.2) is 0 Å². The van der Waals surface area contributed by atoms with Crippen molar-refractivity contribution in [3.63, 3.8) is 0 Å². The minimum Gasteiger partial charge on any atom is -0.497 e. The third-order valence-electron chi connectivity index (χ3n) is 3.15. The normalized spacial score (nSPS) is 11.4. The Kier molecular flexibility index (Phi) is 4.90. The van der Waals surface area contributed by atoms with Crippen LogP contribution in [-0.4, -0.2) is 19.7 Å². The van der Waals surface area contributed by atoms with Gasteiger partial charge in [-0.1, -0.05) is 6.07 Å². The highest BCUT2D eigenvalue weighted by molar-refractivity contribution is 7.98. The molecule has 0 saturated heterocycles. The van der Waals surface area contributed by atoms with Crippen molar-refractivity contribution in [3.05, 3.63) is 42.0 Å². The zero-order chi connectivity index (χ0) is 16.3. The molecule has 0 fully saturated rings. The summed E-state index contributed by atoms with van der Waals surface area (Å²) in [7, 11) is 1.47. The molecule has 0 spiro atoms. The quantitative estimate of drug-likeness (QED) is 0.710. The van der Waals surface area contributed by atoms with Crippen molar-refractivity contribution in [2.24, 2.45) is 0 Å². The first kappa shape index (κ1) is 16.5. The maximum absolute atomic E-state index is 12.6. The molecule has 0 aliphatic rings. The van der Waals surface area contributed by atoms with Crippen LogP contribution >= 0.6 is 11.8 Å². The number of halogens is 3. The van der Waals surface area contributed by atoms with Crippen LogP contribution in [0.1, 0.15) is 5.56 Å². The van der Waals surface area contributed by atoms with E-state index in [1.165, 1.54) is 31.0 Å². The lowest BCUT2D eigenvalue weighted by Gasteiger charge is -2.16. The number of ether oxygens (including phenoxy) is 2. The van der Waals surface area contributed by atoms with Gasteiger partial charge in [0.2, 0.25) is 0 Å². The monoisotopic (exact) mass is 328 g/mol. The Bertz CT molecular complexity index is 669. The van der Waals surface area contributed by atoms with Crippen LogP contribution in [0.5, 0.6) is 11.5 Å². The van der Waals surface area contributed by atoms with E-state index in [2.05, 4.69) is 4.74 Å². The van der Waals surface area contributed by atoms with Crippen LogP contribution < -0.4 is 9.47 Å². The highest BCUT2D eigenvalue weighted by Crippen LogP contribution is 2.39. The minimum absolute atomic E-state index is 0.241. The topological polar surface area (TPSA) is 18.5 Å². The molecule has 0 N–H and O–H groups in total. The third-order valence-corrected chi connectivity index (χ3v) is 3.87. The number of rotatable bonds is 4. The summed E-state index contributed by atoms with van der Waals surface area (Å²) < 4.78 is 47.1. The second-order valence-corrected chi connectivity index (χ2v) is 5.47. The van der Waals surface area contributed by atoms with Crippen molar-refractivity contribution in [2.75, 3.05) is 13.4 Å². The van der Waals surface area contributed by atoms with E-state index >= 15 is 0 Å². The summed E-state index contributed by atoms with van der Waals surface area (Å²) in [4.78, 5) is 0.960. The Labute approximate surface area is 131 Å². The molecule has 0 atom stereocenters.